The Hall–Kier alpha value is -7.20. The number of anilines is 6. The SMILES string of the molecule is C#CCc1ccc(Nc2nccc(NC3=NCC(C(=O)C(F)F)=C3)n2)cc1.C#CCc1ccc(Nc2nccc(NC3=NCC(C(=O)C(F)F)=C3)n2)cc1. The highest BCUT2D eigenvalue weighted by Crippen LogP contribution is 2.19. The highest BCUT2D eigenvalue weighted by molar-refractivity contribution is 6.13. The predicted octanol–water partition coefficient (Wildman–Crippen LogP) is 5.96. The van der Waals surface area contributed by atoms with Gasteiger partial charge in [0.15, 0.2) is 0 Å². The summed E-state index contributed by atoms with van der Waals surface area (Å²) < 4.78 is 49.8. The van der Waals surface area contributed by atoms with Gasteiger partial charge >= 0.3 is 0 Å². The van der Waals surface area contributed by atoms with Crippen molar-refractivity contribution in [1.82, 2.24) is 19.9 Å². The molecule has 0 spiro atoms. The van der Waals surface area contributed by atoms with E-state index < -0.39 is 24.4 Å². The number of nitrogens with zero attached hydrogens (tertiary/aromatic N) is 6. The van der Waals surface area contributed by atoms with E-state index in [9.17, 15) is 27.2 Å². The summed E-state index contributed by atoms with van der Waals surface area (Å²) in [6, 6.07) is 18.3. The van der Waals surface area contributed by atoms with Crippen molar-refractivity contribution in [2.45, 2.75) is 25.7 Å². The van der Waals surface area contributed by atoms with Gasteiger partial charge in [-0.2, -0.15) is 9.97 Å². The van der Waals surface area contributed by atoms with E-state index in [0.29, 0.717) is 48.0 Å². The molecule has 2 aliphatic heterocycles. The lowest BCUT2D eigenvalue weighted by molar-refractivity contribution is -0.126. The van der Waals surface area contributed by atoms with Crippen molar-refractivity contribution in [1.29, 1.82) is 0 Å². The number of ketones is 2. The summed E-state index contributed by atoms with van der Waals surface area (Å²) in [5.74, 6) is 4.83. The lowest BCUT2D eigenvalue weighted by Gasteiger charge is -2.08. The maximum atomic E-state index is 12.5. The minimum atomic E-state index is -3.03. The van der Waals surface area contributed by atoms with Crippen molar-refractivity contribution in [2.75, 3.05) is 34.4 Å². The number of nitrogens with one attached hydrogen (secondary N) is 4. The fourth-order valence-corrected chi connectivity index (χ4v) is 4.73. The quantitative estimate of drug-likeness (QED) is 0.101. The smallest absolute Gasteiger partial charge is 0.300 e. The minimum absolute atomic E-state index is 0.0352. The van der Waals surface area contributed by atoms with Crippen LogP contribution < -0.4 is 21.3 Å². The molecule has 0 amide bonds. The molecule has 12 nitrogen and oxygen atoms in total. The third-order valence-corrected chi connectivity index (χ3v) is 7.35. The Labute approximate surface area is 307 Å². The number of hydrogen-bond donors (Lipinski definition) is 4. The van der Waals surface area contributed by atoms with E-state index in [1.165, 1.54) is 24.5 Å². The molecule has 0 bridgehead atoms. The van der Waals surface area contributed by atoms with E-state index >= 15 is 0 Å². The molecule has 54 heavy (non-hydrogen) atoms. The number of carbonyl (C=O) groups is 2. The Balaban J connectivity index is 0.000000208. The van der Waals surface area contributed by atoms with Crippen LogP contribution in [0.4, 0.5) is 52.5 Å². The topological polar surface area (TPSA) is 159 Å². The van der Waals surface area contributed by atoms with Gasteiger partial charge in [0.05, 0.1) is 13.1 Å². The number of Topliss-reactive ketones (excluding diaryl/α,β-unsaturated/α-hetero) is 2. The third kappa shape index (κ3) is 10.9. The molecule has 0 unspecified atom stereocenters. The summed E-state index contributed by atoms with van der Waals surface area (Å²) in [5.41, 5.74) is 3.56. The van der Waals surface area contributed by atoms with Gasteiger partial charge in [-0.15, -0.1) is 24.7 Å². The van der Waals surface area contributed by atoms with Crippen LogP contribution in [0.15, 0.2) is 106 Å². The Morgan fingerprint density at radius 1 is 0.611 bits per heavy atom. The van der Waals surface area contributed by atoms with Gasteiger partial charge in [-0.05, 0) is 59.7 Å². The molecular weight excluding hydrogens is 704 g/mol. The molecule has 2 aromatic carbocycles. The molecule has 0 atom stereocenters. The summed E-state index contributed by atoms with van der Waals surface area (Å²) >= 11 is 0. The van der Waals surface area contributed by atoms with Crippen LogP contribution in [0.2, 0.25) is 0 Å². The second-order valence-electron chi connectivity index (χ2n) is 11.3. The summed E-state index contributed by atoms with van der Waals surface area (Å²) in [5, 5.41) is 11.9. The van der Waals surface area contributed by atoms with Gasteiger partial charge in [-0.25, -0.2) is 27.5 Å². The first kappa shape index (κ1) is 38.0. The highest BCUT2D eigenvalue weighted by atomic mass is 19.3. The second kappa shape index (κ2) is 18.3. The predicted molar refractivity (Wildman–Crippen MR) is 199 cm³/mol. The zero-order valence-electron chi connectivity index (χ0n) is 28.2. The summed E-state index contributed by atoms with van der Waals surface area (Å²) in [7, 11) is 0. The van der Waals surface area contributed by atoms with Gasteiger partial charge in [-0.3, -0.25) is 19.6 Å². The fourth-order valence-electron chi connectivity index (χ4n) is 4.73. The number of halogens is 4. The van der Waals surface area contributed by atoms with Crippen LogP contribution in [0.3, 0.4) is 0 Å². The fraction of sp³-hybridized carbons (Fsp3) is 0.158. The molecule has 2 aromatic heterocycles. The van der Waals surface area contributed by atoms with Crippen LogP contribution in [-0.4, -0.2) is 69.1 Å². The number of aliphatic imine (C=N–C) groups is 2. The second-order valence-corrected chi connectivity index (χ2v) is 11.3. The van der Waals surface area contributed by atoms with Crippen molar-refractivity contribution >= 4 is 58.1 Å². The zero-order valence-corrected chi connectivity index (χ0v) is 28.2. The Kier molecular flexibility index (Phi) is 12.9. The van der Waals surface area contributed by atoms with Crippen molar-refractivity contribution in [3.8, 4) is 24.7 Å². The Morgan fingerprint density at radius 2 is 1.00 bits per heavy atom. The van der Waals surface area contributed by atoms with Crippen molar-refractivity contribution < 1.29 is 27.2 Å². The number of hydrogen-bond acceptors (Lipinski definition) is 12. The van der Waals surface area contributed by atoms with Gasteiger partial charge in [-0.1, -0.05) is 24.3 Å². The van der Waals surface area contributed by atoms with Gasteiger partial charge in [0.1, 0.15) is 23.3 Å². The largest absolute Gasteiger partial charge is 0.325 e. The van der Waals surface area contributed by atoms with Crippen molar-refractivity contribution in [2.24, 2.45) is 9.98 Å². The number of amidine groups is 2. The van der Waals surface area contributed by atoms with E-state index in [1.54, 1.807) is 12.1 Å². The van der Waals surface area contributed by atoms with E-state index in [0.717, 1.165) is 22.5 Å². The Morgan fingerprint density at radius 3 is 1.35 bits per heavy atom. The number of benzene rings is 2. The molecule has 0 saturated heterocycles. The van der Waals surface area contributed by atoms with E-state index in [4.69, 9.17) is 12.8 Å². The maximum Gasteiger partial charge on any atom is 0.300 e. The lowest BCUT2D eigenvalue weighted by atomic mass is 10.1. The summed E-state index contributed by atoms with van der Waals surface area (Å²) in [6.07, 6.45) is 11.3. The summed E-state index contributed by atoms with van der Waals surface area (Å²) in [6.45, 7) is -0.155. The molecule has 272 valence electrons. The van der Waals surface area contributed by atoms with Crippen LogP contribution in [0, 0.1) is 24.7 Å². The van der Waals surface area contributed by atoms with Crippen LogP contribution in [0.25, 0.3) is 0 Å². The van der Waals surface area contributed by atoms with Crippen LogP contribution >= 0.6 is 0 Å². The standard InChI is InChI=1S/2C19H15F2N5O/c2*1-2-3-12-4-6-14(7-5-12)24-19-22-9-8-15(26-19)25-16-10-13(11-23-16)17(27)18(20)21/h2*1,4-10,18H,3,11H2,(H2,22,23,24,25,26). The molecule has 0 radical (unpaired) electrons. The maximum absolute atomic E-state index is 12.5. The molecule has 4 heterocycles. The molecule has 0 aliphatic carbocycles. The molecule has 4 aromatic rings. The average Bonchev–Trinajstić information content (AvgIpc) is 3.83. The highest BCUT2D eigenvalue weighted by Gasteiger charge is 2.24. The molecule has 6 rings (SSSR count). The van der Waals surface area contributed by atoms with Gasteiger partial charge < -0.3 is 21.3 Å². The number of carbonyl (C=O) groups excluding carboxylic acids is 2. The van der Waals surface area contributed by atoms with Crippen LogP contribution in [0.5, 0.6) is 0 Å². The monoisotopic (exact) mass is 734 g/mol. The van der Waals surface area contributed by atoms with E-state index in [2.05, 4.69) is 63.0 Å². The van der Waals surface area contributed by atoms with Crippen LogP contribution in [0.1, 0.15) is 11.1 Å². The third-order valence-electron chi connectivity index (χ3n) is 7.35. The first-order valence-corrected chi connectivity index (χ1v) is 16.0. The number of aromatic nitrogens is 4. The van der Waals surface area contributed by atoms with Crippen molar-refractivity contribution in [3.63, 3.8) is 0 Å². The molecular formula is C38H30F4N10O2. The van der Waals surface area contributed by atoms with E-state index in [1.807, 2.05) is 48.5 Å². The van der Waals surface area contributed by atoms with Gasteiger partial charge in [0.25, 0.3) is 12.9 Å². The zero-order chi connectivity index (χ0) is 38.5. The number of rotatable bonds is 12. The van der Waals surface area contributed by atoms with E-state index in [-0.39, 0.29) is 24.2 Å². The minimum Gasteiger partial charge on any atom is -0.325 e. The molecule has 2 aliphatic rings. The van der Waals surface area contributed by atoms with Gasteiger partial charge in [0, 0.05) is 47.8 Å². The molecule has 16 heteroatoms. The number of terminal acetylenes is 2. The first-order valence-electron chi connectivity index (χ1n) is 16.0. The normalized spacial score (nSPS) is 13.0. The number of alkyl halides is 4. The Bertz CT molecular complexity index is 2050. The molecule has 4 N–H and O–H groups in total. The first-order chi connectivity index (χ1) is 26.1. The summed E-state index contributed by atoms with van der Waals surface area (Å²) in [4.78, 5) is 47.5. The van der Waals surface area contributed by atoms with Gasteiger partial charge in [0.2, 0.25) is 23.5 Å². The van der Waals surface area contributed by atoms with Crippen LogP contribution in [-0.2, 0) is 22.4 Å². The molecule has 0 fully saturated rings. The lowest BCUT2D eigenvalue weighted by Crippen LogP contribution is -2.14. The molecule has 0 saturated carbocycles. The average molecular weight is 735 g/mol. The van der Waals surface area contributed by atoms with Crippen molar-refractivity contribution in [3.05, 3.63) is 107 Å².